The maximum Gasteiger partial charge on any atom is 0.194 e. The lowest BCUT2D eigenvalue weighted by Gasteiger charge is -2.28. The smallest absolute Gasteiger partial charge is 0.194 e. The van der Waals surface area contributed by atoms with E-state index in [1.807, 2.05) is 0 Å². The first kappa shape index (κ1) is 20.6. The number of nitrogens with zero attached hydrogens (tertiary/aromatic N) is 2. The second-order valence-electron chi connectivity index (χ2n) is 8.30. The van der Waals surface area contributed by atoms with Gasteiger partial charge in [0, 0.05) is 38.9 Å². The third-order valence-electron chi connectivity index (χ3n) is 6.19. The number of aliphatic imine (C=N–C) groups is 1. The molecule has 0 aromatic rings. The fraction of sp³-hybridized carbons (Fsp3) is 0.944. The van der Waals surface area contributed by atoms with Gasteiger partial charge in [0.25, 0.3) is 0 Å². The van der Waals surface area contributed by atoms with Crippen molar-refractivity contribution in [2.75, 3.05) is 44.4 Å². The highest BCUT2D eigenvalue weighted by atomic mass is 127. The molecule has 2 unspecified atom stereocenters. The number of rotatable bonds is 4. The highest BCUT2D eigenvalue weighted by Gasteiger charge is 2.34. The van der Waals surface area contributed by atoms with Crippen LogP contribution in [-0.2, 0) is 14.6 Å². The number of sulfone groups is 1. The molecule has 0 aromatic carbocycles. The van der Waals surface area contributed by atoms with Gasteiger partial charge in [-0.25, -0.2) is 8.42 Å². The lowest BCUT2D eigenvalue weighted by molar-refractivity contribution is 0.0488. The Hall–Kier alpha value is -0.0900. The number of hydrogen-bond acceptors (Lipinski definition) is 4. The zero-order valence-electron chi connectivity index (χ0n) is 15.4. The summed E-state index contributed by atoms with van der Waals surface area (Å²) in [6.45, 7) is 4.64. The van der Waals surface area contributed by atoms with E-state index in [1.54, 1.807) is 0 Å². The van der Waals surface area contributed by atoms with Gasteiger partial charge in [0.05, 0.1) is 11.5 Å². The first-order valence-corrected chi connectivity index (χ1v) is 11.8. The van der Waals surface area contributed by atoms with Crippen molar-refractivity contribution in [1.29, 1.82) is 0 Å². The van der Waals surface area contributed by atoms with E-state index in [0.717, 1.165) is 50.5 Å². The highest BCUT2D eigenvalue weighted by Crippen LogP contribution is 2.31. The van der Waals surface area contributed by atoms with E-state index in [4.69, 9.17) is 9.73 Å². The molecule has 150 valence electrons. The zero-order chi connectivity index (χ0) is 17.3. The Morgan fingerprint density at radius 3 is 2.50 bits per heavy atom. The molecule has 26 heavy (non-hydrogen) atoms. The minimum Gasteiger partial charge on any atom is -0.381 e. The van der Waals surface area contributed by atoms with Crippen LogP contribution in [0.15, 0.2) is 4.99 Å². The van der Waals surface area contributed by atoms with Gasteiger partial charge >= 0.3 is 0 Å². The third kappa shape index (κ3) is 5.47. The molecule has 0 aromatic heterocycles. The van der Waals surface area contributed by atoms with E-state index in [-0.39, 0.29) is 29.9 Å². The normalized spacial score (nSPS) is 32.5. The first-order valence-electron chi connectivity index (χ1n) is 9.93. The Morgan fingerprint density at radius 1 is 1.08 bits per heavy atom. The standard InChI is InChI=1S/C18H31N3O3S.HI/c22-25(23)10-6-14(13-25)11-19-18(20-17-1-2-17)21-7-3-16(12-21)15-4-8-24-9-5-15;/h14-17H,1-13H2,(H,19,20);1H. The number of guanidine groups is 1. The van der Waals surface area contributed by atoms with Crippen molar-refractivity contribution in [1.82, 2.24) is 10.2 Å². The van der Waals surface area contributed by atoms with Gasteiger partial charge in [-0.2, -0.15) is 0 Å². The molecule has 1 aliphatic carbocycles. The minimum atomic E-state index is -2.81. The fourth-order valence-electron chi connectivity index (χ4n) is 4.43. The monoisotopic (exact) mass is 497 g/mol. The average Bonchev–Trinajstić information content (AvgIpc) is 3.16. The summed E-state index contributed by atoms with van der Waals surface area (Å²) < 4.78 is 28.8. The van der Waals surface area contributed by atoms with E-state index in [2.05, 4.69) is 10.2 Å². The summed E-state index contributed by atoms with van der Waals surface area (Å²) >= 11 is 0. The highest BCUT2D eigenvalue weighted by molar-refractivity contribution is 14.0. The maximum absolute atomic E-state index is 11.7. The predicted molar refractivity (Wildman–Crippen MR) is 114 cm³/mol. The van der Waals surface area contributed by atoms with Crippen LogP contribution in [0.2, 0.25) is 0 Å². The van der Waals surface area contributed by atoms with E-state index in [1.165, 1.54) is 32.1 Å². The fourth-order valence-corrected chi connectivity index (χ4v) is 6.28. The summed E-state index contributed by atoms with van der Waals surface area (Å²) in [6.07, 6.45) is 6.87. The average molecular weight is 497 g/mol. The topological polar surface area (TPSA) is 71.0 Å². The Morgan fingerprint density at radius 2 is 1.85 bits per heavy atom. The zero-order valence-corrected chi connectivity index (χ0v) is 18.6. The van der Waals surface area contributed by atoms with Crippen molar-refractivity contribution < 1.29 is 13.2 Å². The molecular weight excluding hydrogens is 465 g/mol. The van der Waals surface area contributed by atoms with Gasteiger partial charge < -0.3 is 15.0 Å². The largest absolute Gasteiger partial charge is 0.381 e. The minimum absolute atomic E-state index is 0. The van der Waals surface area contributed by atoms with Gasteiger partial charge in [-0.1, -0.05) is 0 Å². The number of hydrogen-bond donors (Lipinski definition) is 1. The van der Waals surface area contributed by atoms with Gasteiger partial charge in [0.15, 0.2) is 15.8 Å². The molecule has 4 aliphatic rings. The molecule has 0 bridgehead atoms. The molecule has 1 saturated carbocycles. The second-order valence-corrected chi connectivity index (χ2v) is 10.5. The van der Waals surface area contributed by atoms with Gasteiger partial charge in [-0.05, 0) is 56.3 Å². The summed E-state index contributed by atoms with van der Waals surface area (Å²) in [5.74, 6) is 3.44. The van der Waals surface area contributed by atoms with Crippen molar-refractivity contribution in [2.45, 2.75) is 44.6 Å². The van der Waals surface area contributed by atoms with Crippen molar-refractivity contribution in [3.63, 3.8) is 0 Å². The van der Waals surface area contributed by atoms with Crippen LogP contribution in [0.25, 0.3) is 0 Å². The molecule has 8 heteroatoms. The molecule has 3 aliphatic heterocycles. The number of ether oxygens (including phenoxy) is 1. The molecule has 0 spiro atoms. The Labute approximate surface area is 174 Å². The van der Waals surface area contributed by atoms with E-state index in [9.17, 15) is 8.42 Å². The quantitative estimate of drug-likeness (QED) is 0.365. The maximum atomic E-state index is 11.7. The van der Waals surface area contributed by atoms with Gasteiger partial charge in [0.1, 0.15) is 0 Å². The van der Waals surface area contributed by atoms with Crippen LogP contribution in [-0.4, -0.2) is 69.7 Å². The lowest BCUT2D eigenvalue weighted by Crippen LogP contribution is -2.42. The lowest BCUT2D eigenvalue weighted by atomic mass is 9.85. The molecule has 4 fully saturated rings. The summed E-state index contributed by atoms with van der Waals surface area (Å²) in [5.41, 5.74) is 0. The number of likely N-dealkylation sites (tertiary alicyclic amines) is 1. The number of halogens is 1. The van der Waals surface area contributed by atoms with Crippen LogP contribution in [0.4, 0.5) is 0 Å². The Balaban J connectivity index is 0.00000196. The SMILES string of the molecule is I.O=S1(=O)CCC(CN=C(NC2CC2)N2CCC(C3CCOCC3)C2)C1. The van der Waals surface area contributed by atoms with E-state index >= 15 is 0 Å². The van der Waals surface area contributed by atoms with Crippen LogP contribution >= 0.6 is 24.0 Å². The Bertz CT molecular complexity index is 603. The van der Waals surface area contributed by atoms with Crippen LogP contribution in [0.1, 0.15) is 38.5 Å². The molecule has 0 radical (unpaired) electrons. The predicted octanol–water partition coefficient (Wildman–Crippen LogP) is 1.90. The van der Waals surface area contributed by atoms with Crippen LogP contribution in [0.3, 0.4) is 0 Å². The van der Waals surface area contributed by atoms with Crippen molar-refractivity contribution >= 4 is 39.8 Å². The van der Waals surface area contributed by atoms with Crippen LogP contribution in [0.5, 0.6) is 0 Å². The second kappa shape index (κ2) is 8.94. The molecule has 0 amide bonds. The third-order valence-corrected chi connectivity index (χ3v) is 8.03. The van der Waals surface area contributed by atoms with Gasteiger partial charge in [-0.3, -0.25) is 4.99 Å². The summed E-state index contributed by atoms with van der Waals surface area (Å²) in [7, 11) is -2.81. The van der Waals surface area contributed by atoms with Crippen LogP contribution in [0, 0.1) is 17.8 Å². The Kier molecular flexibility index (Phi) is 7.10. The van der Waals surface area contributed by atoms with Gasteiger partial charge in [0.2, 0.25) is 0 Å². The summed E-state index contributed by atoms with van der Waals surface area (Å²) in [4.78, 5) is 7.27. The van der Waals surface area contributed by atoms with Gasteiger partial charge in [-0.15, -0.1) is 24.0 Å². The van der Waals surface area contributed by atoms with E-state index < -0.39 is 9.84 Å². The molecular formula is C18H32IN3O3S. The summed E-state index contributed by atoms with van der Waals surface area (Å²) in [5, 5.41) is 3.60. The van der Waals surface area contributed by atoms with Crippen molar-refractivity contribution in [3.8, 4) is 0 Å². The van der Waals surface area contributed by atoms with E-state index in [0.29, 0.717) is 24.1 Å². The number of nitrogens with one attached hydrogen (secondary N) is 1. The molecule has 4 rings (SSSR count). The summed E-state index contributed by atoms with van der Waals surface area (Å²) in [6, 6.07) is 0.577. The first-order chi connectivity index (χ1) is 12.1. The van der Waals surface area contributed by atoms with Crippen molar-refractivity contribution in [2.24, 2.45) is 22.7 Å². The molecule has 2 atom stereocenters. The molecule has 6 nitrogen and oxygen atoms in total. The van der Waals surface area contributed by atoms with Crippen LogP contribution < -0.4 is 5.32 Å². The molecule has 1 N–H and O–H groups in total. The van der Waals surface area contributed by atoms with Crippen molar-refractivity contribution in [3.05, 3.63) is 0 Å². The molecule has 3 saturated heterocycles. The molecule has 3 heterocycles.